The number of benzene rings is 2. The number of carbonyl (C=O) groups excluding carboxylic acids is 2. The molecule has 1 aliphatic rings. The van der Waals surface area contributed by atoms with Gasteiger partial charge in [-0.1, -0.05) is 23.7 Å². The van der Waals surface area contributed by atoms with Crippen LogP contribution in [-0.4, -0.2) is 22.4 Å². The summed E-state index contributed by atoms with van der Waals surface area (Å²) in [7, 11) is 0. The number of cyclic esters (lactones) is 1. The zero-order valence-corrected chi connectivity index (χ0v) is 13.9. The molecule has 128 valence electrons. The molecule has 1 heterocycles. The lowest BCUT2D eigenvalue weighted by atomic mass is 9.89. The minimum Gasteiger partial charge on any atom is -0.445 e. The number of amides is 1. The second-order valence-corrected chi connectivity index (χ2v) is 6.26. The smallest absolute Gasteiger partial charge is 0.339 e. The molecule has 3 rings (SSSR count). The molecule has 8 heteroatoms. The summed E-state index contributed by atoms with van der Waals surface area (Å²) in [5.41, 5.74) is -0.778. The van der Waals surface area contributed by atoms with Crippen molar-refractivity contribution in [1.82, 2.24) is 0 Å². The number of nitro groups is 1. The van der Waals surface area contributed by atoms with Crippen molar-refractivity contribution in [3.8, 4) is 0 Å². The van der Waals surface area contributed by atoms with Crippen molar-refractivity contribution in [2.24, 2.45) is 0 Å². The number of rotatable bonds is 3. The number of hydrogen-bond acceptors (Lipinski definition) is 5. The van der Waals surface area contributed by atoms with Crippen LogP contribution in [-0.2, 0) is 16.0 Å². The Balaban J connectivity index is 1.90. The van der Waals surface area contributed by atoms with E-state index in [1.54, 1.807) is 24.3 Å². The predicted molar refractivity (Wildman–Crippen MR) is 90.7 cm³/mol. The predicted octanol–water partition coefficient (Wildman–Crippen LogP) is 3.36. The highest BCUT2D eigenvalue weighted by Gasteiger charge is 2.43. The average Bonchev–Trinajstić information content (AvgIpc) is 2.54. The van der Waals surface area contributed by atoms with E-state index in [-0.39, 0.29) is 17.8 Å². The Morgan fingerprint density at radius 1 is 1.32 bits per heavy atom. The fraction of sp³-hybridized carbons (Fsp3) is 0.176. The van der Waals surface area contributed by atoms with Gasteiger partial charge in [0, 0.05) is 17.5 Å². The minimum absolute atomic E-state index is 0.0339. The Bertz CT molecular complexity index is 898. The molecule has 7 nitrogen and oxygen atoms in total. The monoisotopic (exact) mass is 360 g/mol. The average molecular weight is 361 g/mol. The van der Waals surface area contributed by atoms with Crippen LogP contribution >= 0.6 is 11.6 Å². The Hall–Kier alpha value is -2.93. The van der Waals surface area contributed by atoms with E-state index in [0.29, 0.717) is 16.1 Å². The van der Waals surface area contributed by atoms with E-state index in [2.05, 4.69) is 5.32 Å². The molecule has 1 unspecified atom stereocenters. The summed E-state index contributed by atoms with van der Waals surface area (Å²) in [5, 5.41) is 14.0. The van der Waals surface area contributed by atoms with Gasteiger partial charge in [-0.15, -0.1) is 0 Å². The molecule has 0 aliphatic carbocycles. The van der Waals surface area contributed by atoms with Crippen molar-refractivity contribution in [3.63, 3.8) is 0 Å². The van der Waals surface area contributed by atoms with E-state index in [1.807, 2.05) is 0 Å². The zero-order chi connectivity index (χ0) is 18.2. The molecule has 1 atom stereocenters. The van der Waals surface area contributed by atoms with E-state index in [4.69, 9.17) is 16.3 Å². The molecule has 2 aromatic carbocycles. The SMILES string of the molecule is CC1(C(=O)Nc2ccccc2[N+](=O)[O-])Cc2cc(Cl)ccc2C(=O)O1. The van der Waals surface area contributed by atoms with Gasteiger partial charge in [0.15, 0.2) is 5.60 Å². The van der Waals surface area contributed by atoms with Crippen molar-refractivity contribution in [1.29, 1.82) is 0 Å². The molecule has 0 saturated heterocycles. The molecule has 0 saturated carbocycles. The summed E-state index contributed by atoms with van der Waals surface area (Å²) in [6.07, 6.45) is 0.112. The highest BCUT2D eigenvalue weighted by atomic mass is 35.5. The van der Waals surface area contributed by atoms with Crippen LogP contribution in [0.4, 0.5) is 11.4 Å². The normalized spacial score (nSPS) is 18.9. The molecule has 1 N–H and O–H groups in total. The van der Waals surface area contributed by atoms with E-state index < -0.39 is 22.4 Å². The summed E-state index contributed by atoms with van der Waals surface area (Å²) in [4.78, 5) is 35.3. The number of ether oxygens (including phenoxy) is 1. The maximum atomic E-state index is 12.7. The van der Waals surface area contributed by atoms with E-state index in [0.717, 1.165) is 0 Å². The van der Waals surface area contributed by atoms with Gasteiger partial charge in [-0.25, -0.2) is 4.79 Å². The number of para-hydroxylation sites is 2. The second kappa shape index (κ2) is 6.18. The fourth-order valence-electron chi connectivity index (χ4n) is 2.69. The third-order valence-corrected chi connectivity index (χ3v) is 4.20. The van der Waals surface area contributed by atoms with Crippen molar-refractivity contribution in [2.45, 2.75) is 18.9 Å². The molecular weight excluding hydrogens is 348 g/mol. The number of nitrogens with one attached hydrogen (secondary N) is 1. The standard InChI is InChI=1S/C17H13ClN2O5/c1-17(9-10-8-11(18)6-7-12(10)15(21)25-17)16(22)19-13-4-2-3-5-14(13)20(23)24/h2-8H,9H2,1H3,(H,19,22). The summed E-state index contributed by atoms with van der Waals surface area (Å²) in [6, 6.07) is 10.5. The van der Waals surface area contributed by atoms with Crippen molar-refractivity contribution in [2.75, 3.05) is 5.32 Å². The Morgan fingerprint density at radius 3 is 2.76 bits per heavy atom. The first-order chi connectivity index (χ1) is 11.8. The number of halogens is 1. The van der Waals surface area contributed by atoms with Gasteiger partial charge >= 0.3 is 5.97 Å². The number of esters is 1. The van der Waals surface area contributed by atoms with Crippen molar-refractivity contribution in [3.05, 3.63) is 68.7 Å². The molecule has 0 spiro atoms. The Morgan fingerprint density at radius 2 is 2.04 bits per heavy atom. The van der Waals surface area contributed by atoms with Crippen LogP contribution in [0.25, 0.3) is 0 Å². The first-order valence-corrected chi connectivity index (χ1v) is 7.74. The van der Waals surface area contributed by atoms with E-state index in [9.17, 15) is 19.7 Å². The third kappa shape index (κ3) is 3.18. The van der Waals surface area contributed by atoms with E-state index in [1.165, 1.54) is 25.1 Å². The van der Waals surface area contributed by atoms with Gasteiger partial charge < -0.3 is 10.1 Å². The Labute approximate surface area is 147 Å². The number of nitro benzene ring substituents is 1. The van der Waals surface area contributed by atoms with Gasteiger partial charge in [0.25, 0.3) is 11.6 Å². The first kappa shape index (κ1) is 16.9. The van der Waals surface area contributed by atoms with Crippen LogP contribution < -0.4 is 5.32 Å². The van der Waals surface area contributed by atoms with Crippen molar-refractivity contribution >= 4 is 34.9 Å². The molecular formula is C17H13ClN2O5. The minimum atomic E-state index is -1.50. The van der Waals surface area contributed by atoms with Crippen LogP contribution in [0.5, 0.6) is 0 Å². The van der Waals surface area contributed by atoms with Gasteiger partial charge in [0.05, 0.1) is 10.5 Å². The highest BCUT2D eigenvalue weighted by Crippen LogP contribution is 2.32. The van der Waals surface area contributed by atoms with Gasteiger partial charge in [0.1, 0.15) is 5.69 Å². The number of fused-ring (bicyclic) bond motifs is 1. The largest absolute Gasteiger partial charge is 0.445 e. The molecule has 2 aromatic rings. The number of carbonyl (C=O) groups is 2. The van der Waals surface area contributed by atoms with Crippen LogP contribution in [0.3, 0.4) is 0 Å². The molecule has 0 radical (unpaired) electrons. The highest BCUT2D eigenvalue weighted by molar-refractivity contribution is 6.30. The lowest BCUT2D eigenvalue weighted by Crippen LogP contribution is -2.49. The fourth-order valence-corrected chi connectivity index (χ4v) is 2.88. The zero-order valence-electron chi connectivity index (χ0n) is 13.1. The van der Waals surface area contributed by atoms with Crippen LogP contribution in [0.2, 0.25) is 5.02 Å². The van der Waals surface area contributed by atoms with E-state index >= 15 is 0 Å². The number of nitrogens with zero attached hydrogens (tertiary/aromatic N) is 1. The maximum absolute atomic E-state index is 12.7. The third-order valence-electron chi connectivity index (χ3n) is 3.96. The van der Waals surface area contributed by atoms with Gasteiger partial charge in [-0.2, -0.15) is 0 Å². The maximum Gasteiger partial charge on any atom is 0.339 e. The number of hydrogen-bond donors (Lipinski definition) is 1. The second-order valence-electron chi connectivity index (χ2n) is 5.83. The molecule has 0 aromatic heterocycles. The van der Waals surface area contributed by atoms with Gasteiger partial charge in [-0.05, 0) is 36.8 Å². The topological polar surface area (TPSA) is 98.5 Å². The lowest BCUT2D eigenvalue weighted by molar-refractivity contribution is -0.383. The molecule has 0 bridgehead atoms. The van der Waals surface area contributed by atoms with Crippen molar-refractivity contribution < 1.29 is 19.2 Å². The molecule has 25 heavy (non-hydrogen) atoms. The molecule has 0 fully saturated rings. The molecule has 1 amide bonds. The van der Waals surface area contributed by atoms with Crippen LogP contribution in [0.15, 0.2) is 42.5 Å². The van der Waals surface area contributed by atoms with Crippen LogP contribution in [0, 0.1) is 10.1 Å². The Kier molecular flexibility index (Phi) is 4.18. The lowest BCUT2D eigenvalue weighted by Gasteiger charge is -2.33. The van der Waals surface area contributed by atoms with Gasteiger partial charge in [0.2, 0.25) is 0 Å². The van der Waals surface area contributed by atoms with Gasteiger partial charge in [-0.3, -0.25) is 14.9 Å². The molecule has 1 aliphatic heterocycles. The quantitative estimate of drug-likeness (QED) is 0.514. The first-order valence-electron chi connectivity index (χ1n) is 7.37. The summed E-state index contributed by atoms with van der Waals surface area (Å²) < 4.78 is 5.31. The number of anilines is 1. The van der Waals surface area contributed by atoms with Crippen LogP contribution in [0.1, 0.15) is 22.8 Å². The summed E-state index contributed by atoms with van der Waals surface area (Å²) in [6.45, 7) is 1.46. The summed E-state index contributed by atoms with van der Waals surface area (Å²) >= 11 is 5.95. The summed E-state index contributed by atoms with van der Waals surface area (Å²) in [5.74, 6) is -1.29.